The number of benzene rings is 1. The summed E-state index contributed by atoms with van der Waals surface area (Å²) in [5, 5.41) is 9.55. The van der Waals surface area contributed by atoms with Crippen molar-refractivity contribution in [1.29, 1.82) is 0 Å². The summed E-state index contributed by atoms with van der Waals surface area (Å²) in [6, 6.07) is 3.62. The fraction of sp³-hybridized carbons (Fsp3) is 0.400. The molecule has 0 atom stereocenters. The van der Waals surface area contributed by atoms with E-state index < -0.39 is 0 Å². The first-order chi connectivity index (χ1) is 5.79. The standard InChI is InChI=1S/C10H12OS/c11-9-5-6-10(12)8-4-2-1-3-7(8)9/h5-6,11-12H,1-4H2. The second-order valence-corrected chi connectivity index (χ2v) is 3.75. The first kappa shape index (κ1) is 7.99. The Morgan fingerprint density at radius 3 is 2.42 bits per heavy atom. The molecule has 0 amide bonds. The Kier molecular flexibility index (Phi) is 2.01. The van der Waals surface area contributed by atoms with Crippen molar-refractivity contribution >= 4 is 12.6 Å². The predicted molar refractivity (Wildman–Crippen MR) is 52.0 cm³/mol. The monoisotopic (exact) mass is 180 g/mol. The van der Waals surface area contributed by atoms with Gasteiger partial charge in [0.05, 0.1) is 0 Å². The van der Waals surface area contributed by atoms with E-state index in [1.165, 1.54) is 18.4 Å². The minimum Gasteiger partial charge on any atom is -0.508 e. The summed E-state index contributed by atoms with van der Waals surface area (Å²) in [5.74, 6) is 0.447. The average Bonchev–Trinajstić information content (AvgIpc) is 2.12. The Morgan fingerprint density at radius 1 is 1.08 bits per heavy atom. The summed E-state index contributed by atoms with van der Waals surface area (Å²) in [7, 11) is 0. The van der Waals surface area contributed by atoms with Crippen LogP contribution in [0.2, 0.25) is 0 Å². The largest absolute Gasteiger partial charge is 0.508 e. The summed E-state index contributed by atoms with van der Waals surface area (Å²) < 4.78 is 0. The van der Waals surface area contributed by atoms with Crippen LogP contribution in [0.5, 0.6) is 5.75 Å². The molecule has 0 bridgehead atoms. The summed E-state index contributed by atoms with van der Waals surface area (Å²) in [4.78, 5) is 1.03. The average molecular weight is 180 g/mol. The maximum absolute atomic E-state index is 9.55. The summed E-state index contributed by atoms with van der Waals surface area (Å²) in [6.45, 7) is 0. The molecule has 0 radical (unpaired) electrons. The van der Waals surface area contributed by atoms with Gasteiger partial charge in [-0.15, -0.1) is 12.6 Å². The smallest absolute Gasteiger partial charge is 0.119 e. The molecule has 1 N–H and O–H groups in total. The van der Waals surface area contributed by atoms with Crippen molar-refractivity contribution in [2.24, 2.45) is 0 Å². The molecule has 12 heavy (non-hydrogen) atoms. The molecule has 0 unspecified atom stereocenters. The molecule has 1 nitrogen and oxygen atoms in total. The third kappa shape index (κ3) is 1.20. The van der Waals surface area contributed by atoms with Gasteiger partial charge in [-0.25, -0.2) is 0 Å². The van der Waals surface area contributed by atoms with Crippen molar-refractivity contribution in [3.8, 4) is 5.75 Å². The number of hydrogen-bond donors (Lipinski definition) is 2. The van der Waals surface area contributed by atoms with Crippen molar-refractivity contribution in [3.05, 3.63) is 23.3 Å². The van der Waals surface area contributed by atoms with E-state index in [0.29, 0.717) is 5.75 Å². The zero-order valence-electron chi connectivity index (χ0n) is 6.88. The zero-order valence-corrected chi connectivity index (χ0v) is 7.77. The normalized spacial score (nSPS) is 15.8. The van der Waals surface area contributed by atoms with Gasteiger partial charge >= 0.3 is 0 Å². The molecule has 0 spiro atoms. The van der Waals surface area contributed by atoms with E-state index in [9.17, 15) is 5.11 Å². The van der Waals surface area contributed by atoms with E-state index in [4.69, 9.17) is 0 Å². The van der Waals surface area contributed by atoms with Gasteiger partial charge in [0.25, 0.3) is 0 Å². The van der Waals surface area contributed by atoms with Crippen LogP contribution in [0.4, 0.5) is 0 Å². The second kappa shape index (κ2) is 3.02. The van der Waals surface area contributed by atoms with Gasteiger partial charge in [0.2, 0.25) is 0 Å². The molecule has 1 aliphatic carbocycles. The van der Waals surface area contributed by atoms with Crippen molar-refractivity contribution < 1.29 is 5.11 Å². The second-order valence-electron chi connectivity index (χ2n) is 3.27. The molecule has 0 saturated heterocycles. The van der Waals surface area contributed by atoms with E-state index in [1.807, 2.05) is 6.07 Å². The minimum absolute atomic E-state index is 0.447. The van der Waals surface area contributed by atoms with E-state index in [0.717, 1.165) is 23.3 Å². The number of thiol groups is 1. The summed E-state index contributed by atoms with van der Waals surface area (Å²) in [6.07, 6.45) is 4.50. The van der Waals surface area contributed by atoms with Crippen LogP contribution in [0.1, 0.15) is 24.0 Å². The molecule has 1 aromatic rings. The number of hydrogen-bond acceptors (Lipinski definition) is 2. The van der Waals surface area contributed by atoms with Crippen LogP contribution in [-0.2, 0) is 12.8 Å². The van der Waals surface area contributed by atoms with Crippen molar-refractivity contribution in [3.63, 3.8) is 0 Å². The van der Waals surface area contributed by atoms with Crippen molar-refractivity contribution in [2.45, 2.75) is 30.6 Å². The first-order valence-corrected chi connectivity index (χ1v) is 4.76. The van der Waals surface area contributed by atoms with Crippen molar-refractivity contribution in [1.82, 2.24) is 0 Å². The van der Waals surface area contributed by atoms with Crippen LogP contribution in [0, 0.1) is 0 Å². The van der Waals surface area contributed by atoms with E-state index in [-0.39, 0.29) is 0 Å². The third-order valence-electron chi connectivity index (χ3n) is 2.49. The Bertz CT molecular complexity index is 276. The van der Waals surface area contributed by atoms with Crippen LogP contribution in [0.25, 0.3) is 0 Å². The molecule has 2 heteroatoms. The lowest BCUT2D eigenvalue weighted by atomic mass is 9.91. The van der Waals surface area contributed by atoms with Crippen LogP contribution in [0.3, 0.4) is 0 Å². The lowest BCUT2D eigenvalue weighted by molar-refractivity contribution is 0.460. The van der Waals surface area contributed by atoms with Gasteiger partial charge < -0.3 is 5.11 Å². The van der Waals surface area contributed by atoms with Crippen LogP contribution in [0.15, 0.2) is 17.0 Å². The summed E-state index contributed by atoms with van der Waals surface area (Å²) in [5.41, 5.74) is 2.37. The predicted octanol–water partition coefficient (Wildman–Crippen LogP) is 2.56. The highest BCUT2D eigenvalue weighted by atomic mass is 32.1. The lowest BCUT2D eigenvalue weighted by Gasteiger charge is -2.18. The van der Waals surface area contributed by atoms with Crippen molar-refractivity contribution in [2.75, 3.05) is 0 Å². The molecule has 2 rings (SSSR count). The number of phenols is 1. The Labute approximate surface area is 77.8 Å². The van der Waals surface area contributed by atoms with Gasteiger partial charge in [0, 0.05) is 4.90 Å². The molecule has 0 aromatic heterocycles. The third-order valence-corrected chi connectivity index (χ3v) is 2.90. The highest BCUT2D eigenvalue weighted by molar-refractivity contribution is 7.80. The molecule has 0 heterocycles. The highest BCUT2D eigenvalue weighted by Crippen LogP contribution is 2.32. The summed E-state index contributed by atoms with van der Waals surface area (Å²) >= 11 is 4.37. The van der Waals surface area contributed by atoms with Crippen LogP contribution in [-0.4, -0.2) is 5.11 Å². The fourth-order valence-electron chi connectivity index (χ4n) is 1.83. The number of fused-ring (bicyclic) bond motifs is 1. The maximum atomic E-state index is 9.55. The molecule has 1 aromatic carbocycles. The first-order valence-electron chi connectivity index (χ1n) is 4.32. The van der Waals surface area contributed by atoms with Crippen LogP contribution < -0.4 is 0 Å². The Hall–Kier alpha value is -0.630. The molecule has 0 aliphatic heterocycles. The Balaban J connectivity index is 2.57. The lowest BCUT2D eigenvalue weighted by Crippen LogP contribution is -2.03. The molecular formula is C10H12OS. The number of phenolic OH excluding ortho intramolecular Hbond substituents is 1. The van der Waals surface area contributed by atoms with Gasteiger partial charge in [0.1, 0.15) is 5.75 Å². The van der Waals surface area contributed by atoms with Gasteiger partial charge in [-0.05, 0) is 48.9 Å². The van der Waals surface area contributed by atoms with E-state index in [2.05, 4.69) is 12.6 Å². The molecular weight excluding hydrogens is 168 g/mol. The molecule has 64 valence electrons. The fourth-order valence-corrected chi connectivity index (χ4v) is 2.15. The van der Waals surface area contributed by atoms with Gasteiger partial charge in [-0.2, -0.15) is 0 Å². The topological polar surface area (TPSA) is 20.2 Å². The van der Waals surface area contributed by atoms with Crippen LogP contribution >= 0.6 is 12.6 Å². The van der Waals surface area contributed by atoms with Gasteiger partial charge in [-0.3, -0.25) is 0 Å². The SMILES string of the molecule is Oc1ccc(S)c2c1CCCC2. The van der Waals surface area contributed by atoms with E-state index in [1.54, 1.807) is 6.07 Å². The molecule has 0 fully saturated rings. The molecule has 1 aliphatic rings. The number of aromatic hydroxyl groups is 1. The van der Waals surface area contributed by atoms with Gasteiger partial charge in [0.15, 0.2) is 0 Å². The minimum atomic E-state index is 0.447. The Morgan fingerprint density at radius 2 is 1.75 bits per heavy atom. The number of rotatable bonds is 0. The van der Waals surface area contributed by atoms with E-state index >= 15 is 0 Å². The maximum Gasteiger partial charge on any atom is 0.119 e. The highest BCUT2D eigenvalue weighted by Gasteiger charge is 2.14. The zero-order chi connectivity index (χ0) is 8.55. The quantitative estimate of drug-likeness (QED) is 0.588. The molecule has 0 saturated carbocycles. The van der Waals surface area contributed by atoms with Gasteiger partial charge in [-0.1, -0.05) is 0 Å².